The van der Waals surface area contributed by atoms with Gasteiger partial charge >= 0.3 is 0 Å². The molecule has 2 aromatic rings. The van der Waals surface area contributed by atoms with Crippen LogP contribution in [0.2, 0.25) is 0 Å². The van der Waals surface area contributed by atoms with Crippen LogP contribution < -0.4 is 4.74 Å². The molecule has 2 aliphatic heterocycles. The lowest BCUT2D eigenvalue weighted by atomic mass is 10.1. The first-order chi connectivity index (χ1) is 16.2. The van der Waals surface area contributed by atoms with Gasteiger partial charge in [-0.25, -0.2) is 16.8 Å². The van der Waals surface area contributed by atoms with Gasteiger partial charge in [0.15, 0.2) is 0 Å². The number of hydrogen-bond donors (Lipinski definition) is 0. The molecular weight excluding hydrogens is 472 g/mol. The first kappa shape index (κ1) is 25.2. The predicted molar refractivity (Wildman–Crippen MR) is 133 cm³/mol. The Morgan fingerprint density at radius 3 is 1.85 bits per heavy atom. The Hall–Kier alpha value is -1.94. The van der Waals surface area contributed by atoms with E-state index in [0.717, 1.165) is 38.5 Å². The molecule has 2 saturated heterocycles. The summed E-state index contributed by atoms with van der Waals surface area (Å²) in [5.41, 5.74) is 1.19. The van der Waals surface area contributed by atoms with Crippen LogP contribution in [0.15, 0.2) is 52.3 Å². The van der Waals surface area contributed by atoms with Gasteiger partial charge in [0.25, 0.3) is 0 Å². The van der Waals surface area contributed by atoms with E-state index in [2.05, 4.69) is 0 Å². The zero-order valence-electron chi connectivity index (χ0n) is 20.1. The zero-order chi connectivity index (χ0) is 24.5. The average molecular weight is 507 g/mol. The fourth-order valence-electron chi connectivity index (χ4n) is 5.01. The van der Waals surface area contributed by atoms with Gasteiger partial charge in [-0.05, 0) is 69.4 Å². The molecule has 0 unspecified atom stereocenters. The van der Waals surface area contributed by atoms with E-state index in [9.17, 15) is 16.8 Å². The average Bonchev–Trinajstić information content (AvgIpc) is 2.84. The second-order valence-electron chi connectivity index (χ2n) is 9.31. The summed E-state index contributed by atoms with van der Waals surface area (Å²) in [6.45, 7) is 4.91. The summed E-state index contributed by atoms with van der Waals surface area (Å²) in [5.74, 6) is 0.463. The molecular formula is C25H34N2O5S2. The van der Waals surface area contributed by atoms with Crippen molar-refractivity contribution in [3.63, 3.8) is 0 Å². The van der Waals surface area contributed by atoms with Crippen molar-refractivity contribution in [2.75, 3.05) is 20.2 Å². The minimum atomic E-state index is -3.76. The summed E-state index contributed by atoms with van der Waals surface area (Å²) in [7, 11) is -5.85. The van der Waals surface area contributed by atoms with E-state index in [-0.39, 0.29) is 21.9 Å². The van der Waals surface area contributed by atoms with Crippen molar-refractivity contribution >= 4 is 20.0 Å². The third-order valence-electron chi connectivity index (χ3n) is 7.03. The van der Waals surface area contributed by atoms with Crippen molar-refractivity contribution in [2.24, 2.45) is 0 Å². The molecule has 0 radical (unpaired) electrons. The number of hydrogen-bond acceptors (Lipinski definition) is 5. The second-order valence-corrected chi connectivity index (χ2v) is 13.1. The number of rotatable bonds is 6. The van der Waals surface area contributed by atoms with Gasteiger partial charge in [0, 0.05) is 36.8 Å². The molecule has 2 atom stereocenters. The quantitative estimate of drug-likeness (QED) is 0.576. The molecule has 186 valence electrons. The minimum absolute atomic E-state index is 0.0247. The fourth-order valence-corrected chi connectivity index (χ4v) is 8.64. The van der Waals surface area contributed by atoms with Crippen molar-refractivity contribution < 1.29 is 21.6 Å². The smallest absolute Gasteiger partial charge is 0.244 e. The van der Waals surface area contributed by atoms with Gasteiger partial charge in [-0.15, -0.1) is 0 Å². The number of ether oxygens (including phenoxy) is 1. The van der Waals surface area contributed by atoms with Crippen LogP contribution in [0.4, 0.5) is 0 Å². The van der Waals surface area contributed by atoms with Crippen molar-refractivity contribution in [3.05, 3.63) is 42.5 Å². The molecule has 2 heterocycles. The Labute approximate surface area is 203 Å². The van der Waals surface area contributed by atoms with E-state index >= 15 is 0 Å². The zero-order valence-corrected chi connectivity index (χ0v) is 21.7. The van der Waals surface area contributed by atoms with Crippen LogP contribution in [-0.4, -0.2) is 57.7 Å². The Kier molecular flexibility index (Phi) is 7.38. The molecule has 0 amide bonds. The van der Waals surface area contributed by atoms with Crippen molar-refractivity contribution in [2.45, 2.75) is 74.2 Å². The summed E-state index contributed by atoms with van der Waals surface area (Å²) < 4.78 is 62.3. The highest BCUT2D eigenvalue weighted by Gasteiger charge is 2.34. The number of sulfonamides is 2. The largest absolute Gasteiger partial charge is 0.497 e. The molecule has 0 spiro atoms. The van der Waals surface area contributed by atoms with E-state index < -0.39 is 20.0 Å². The molecule has 9 heteroatoms. The fraction of sp³-hybridized carbons (Fsp3) is 0.520. The second kappa shape index (κ2) is 9.97. The lowest BCUT2D eigenvalue weighted by molar-refractivity contribution is 0.268. The Morgan fingerprint density at radius 2 is 1.32 bits per heavy atom. The summed E-state index contributed by atoms with van der Waals surface area (Å²) in [5, 5.41) is 0. The van der Waals surface area contributed by atoms with Gasteiger partial charge in [-0.3, -0.25) is 0 Å². The van der Waals surface area contributed by atoms with Crippen LogP contribution in [0.1, 0.15) is 52.4 Å². The SMILES string of the molecule is COc1ccc(-c2ccc(S(=O)(=O)N3CCCC[C@H]3C)cc2)c(S(=O)(=O)N2CCCC[C@@H]2C)c1. The van der Waals surface area contributed by atoms with Gasteiger partial charge in [0.05, 0.1) is 16.9 Å². The van der Waals surface area contributed by atoms with E-state index in [1.807, 2.05) is 13.8 Å². The van der Waals surface area contributed by atoms with Crippen molar-refractivity contribution in [3.8, 4) is 16.9 Å². The topological polar surface area (TPSA) is 84.0 Å². The Morgan fingerprint density at radius 1 is 0.765 bits per heavy atom. The third kappa shape index (κ3) is 4.76. The van der Waals surface area contributed by atoms with Crippen LogP contribution in [0.25, 0.3) is 11.1 Å². The standard InChI is InChI=1S/C25H34N2O5S2/c1-19-8-4-6-16-26(19)33(28,29)23-13-10-21(11-14-23)24-15-12-22(32-3)18-25(24)34(30,31)27-17-7-5-9-20(27)2/h10-15,18-20H,4-9,16-17H2,1-3H3/t19-,20+/m1/s1. The molecule has 2 aromatic carbocycles. The van der Waals surface area contributed by atoms with Crippen LogP contribution in [0, 0.1) is 0 Å². The molecule has 0 saturated carbocycles. The molecule has 34 heavy (non-hydrogen) atoms. The minimum Gasteiger partial charge on any atom is -0.497 e. The van der Waals surface area contributed by atoms with Gasteiger partial charge in [-0.2, -0.15) is 8.61 Å². The molecule has 2 fully saturated rings. The maximum Gasteiger partial charge on any atom is 0.244 e. The predicted octanol–water partition coefficient (Wildman–Crippen LogP) is 4.49. The molecule has 0 aromatic heterocycles. The van der Waals surface area contributed by atoms with E-state index in [1.54, 1.807) is 51.1 Å². The number of nitrogens with zero attached hydrogens (tertiary/aromatic N) is 2. The highest BCUT2D eigenvalue weighted by atomic mass is 32.2. The van der Waals surface area contributed by atoms with E-state index in [0.29, 0.717) is 30.0 Å². The lowest BCUT2D eigenvalue weighted by Crippen LogP contribution is -2.42. The van der Waals surface area contributed by atoms with E-state index in [1.165, 1.54) is 7.11 Å². The van der Waals surface area contributed by atoms with Gasteiger partial charge in [-0.1, -0.05) is 25.0 Å². The summed E-state index contributed by atoms with van der Waals surface area (Å²) >= 11 is 0. The van der Waals surface area contributed by atoms with Crippen molar-refractivity contribution in [1.82, 2.24) is 8.61 Å². The molecule has 0 aliphatic carbocycles. The number of benzene rings is 2. The molecule has 2 aliphatic rings. The highest BCUT2D eigenvalue weighted by Crippen LogP contribution is 2.36. The maximum atomic E-state index is 13.7. The van der Waals surface area contributed by atoms with E-state index in [4.69, 9.17) is 4.74 Å². The monoisotopic (exact) mass is 506 g/mol. The first-order valence-corrected chi connectivity index (χ1v) is 14.9. The summed E-state index contributed by atoms with van der Waals surface area (Å²) in [6, 6.07) is 11.5. The normalized spacial score (nSPS) is 23.0. The summed E-state index contributed by atoms with van der Waals surface area (Å²) in [4.78, 5) is 0.411. The Balaban J connectivity index is 1.72. The third-order valence-corrected chi connectivity index (χ3v) is 11.1. The lowest BCUT2D eigenvalue weighted by Gasteiger charge is -2.33. The molecule has 0 N–H and O–H groups in total. The van der Waals surface area contributed by atoms with Crippen LogP contribution in [0.5, 0.6) is 5.75 Å². The first-order valence-electron chi connectivity index (χ1n) is 12.0. The number of methoxy groups -OCH3 is 1. The van der Waals surface area contributed by atoms with Gasteiger partial charge < -0.3 is 4.74 Å². The van der Waals surface area contributed by atoms with Crippen LogP contribution in [-0.2, 0) is 20.0 Å². The maximum absolute atomic E-state index is 13.7. The summed E-state index contributed by atoms with van der Waals surface area (Å²) in [6.07, 6.45) is 5.45. The number of piperidine rings is 2. The molecule has 0 bridgehead atoms. The molecule has 4 rings (SSSR count). The van der Waals surface area contributed by atoms with Gasteiger partial charge in [0.1, 0.15) is 5.75 Å². The molecule has 7 nitrogen and oxygen atoms in total. The van der Waals surface area contributed by atoms with Gasteiger partial charge in [0.2, 0.25) is 20.0 Å². The van der Waals surface area contributed by atoms with Crippen LogP contribution in [0.3, 0.4) is 0 Å². The van der Waals surface area contributed by atoms with Crippen LogP contribution >= 0.6 is 0 Å². The highest BCUT2D eigenvalue weighted by molar-refractivity contribution is 7.89. The Bertz CT molecular complexity index is 1230. The van der Waals surface area contributed by atoms with Crippen molar-refractivity contribution in [1.29, 1.82) is 0 Å².